The summed E-state index contributed by atoms with van der Waals surface area (Å²) >= 11 is 1.37. The van der Waals surface area contributed by atoms with E-state index in [1.165, 1.54) is 18.3 Å². The molecular formula is C20H18F2N2O3S. The van der Waals surface area contributed by atoms with Gasteiger partial charge in [-0.05, 0) is 50.3 Å². The quantitative estimate of drug-likeness (QED) is 0.607. The summed E-state index contributed by atoms with van der Waals surface area (Å²) in [4.78, 5) is 25.6. The molecule has 0 saturated carbocycles. The average Bonchev–Trinajstić information content (AvgIpc) is 2.81. The third kappa shape index (κ3) is 4.20. The van der Waals surface area contributed by atoms with Crippen LogP contribution < -0.4 is 5.32 Å². The van der Waals surface area contributed by atoms with Crippen LogP contribution >= 0.6 is 11.3 Å². The summed E-state index contributed by atoms with van der Waals surface area (Å²) in [5.41, 5.74) is 0.985. The van der Waals surface area contributed by atoms with Gasteiger partial charge in [-0.2, -0.15) is 5.26 Å². The Morgan fingerprint density at radius 1 is 1.25 bits per heavy atom. The number of benzene rings is 1. The molecule has 0 bridgehead atoms. The Balaban J connectivity index is 1.71. The zero-order valence-electron chi connectivity index (χ0n) is 15.2. The van der Waals surface area contributed by atoms with E-state index >= 15 is 0 Å². The van der Waals surface area contributed by atoms with Crippen LogP contribution in [0.4, 0.5) is 13.8 Å². The summed E-state index contributed by atoms with van der Waals surface area (Å²) < 4.78 is 31.6. The van der Waals surface area contributed by atoms with Gasteiger partial charge in [0.05, 0.1) is 11.1 Å². The Morgan fingerprint density at radius 2 is 2.00 bits per heavy atom. The molecule has 1 heterocycles. The predicted octanol–water partition coefficient (Wildman–Crippen LogP) is 4.35. The minimum absolute atomic E-state index is 0.440. The lowest BCUT2D eigenvalue weighted by molar-refractivity contribution is -0.123. The fourth-order valence-electron chi connectivity index (χ4n) is 3.10. The molecule has 0 fully saturated rings. The van der Waals surface area contributed by atoms with Crippen molar-refractivity contribution >= 4 is 28.2 Å². The molecule has 0 spiro atoms. The van der Waals surface area contributed by atoms with Crippen LogP contribution in [-0.4, -0.2) is 18.0 Å². The van der Waals surface area contributed by atoms with Crippen molar-refractivity contribution in [1.82, 2.24) is 0 Å². The largest absolute Gasteiger partial charge is 0.449 e. The second kappa shape index (κ2) is 8.48. The molecule has 3 rings (SSSR count). The van der Waals surface area contributed by atoms with Crippen molar-refractivity contribution in [2.45, 2.75) is 45.1 Å². The number of carbonyl (C=O) groups excluding carboxylic acids is 2. The van der Waals surface area contributed by atoms with Crippen LogP contribution in [0, 0.1) is 23.0 Å². The van der Waals surface area contributed by atoms with E-state index < -0.39 is 35.2 Å². The van der Waals surface area contributed by atoms with Crippen molar-refractivity contribution in [2.24, 2.45) is 0 Å². The minimum atomic E-state index is -1.22. The first kappa shape index (κ1) is 20.0. The van der Waals surface area contributed by atoms with Gasteiger partial charge in [-0.25, -0.2) is 13.6 Å². The van der Waals surface area contributed by atoms with Gasteiger partial charge in [0.15, 0.2) is 6.10 Å². The second-order valence-electron chi connectivity index (χ2n) is 6.54. The van der Waals surface area contributed by atoms with Crippen molar-refractivity contribution in [2.75, 3.05) is 5.32 Å². The highest BCUT2D eigenvalue weighted by Crippen LogP contribution is 2.37. The molecular weight excluding hydrogens is 386 g/mol. The van der Waals surface area contributed by atoms with Crippen molar-refractivity contribution < 1.29 is 23.1 Å². The Kier molecular flexibility index (Phi) is 6.05. The molecule has 0 aliphatic heterocycles. The summed E-state index contributed by atoms with van der Waals surface area (Å²) in [6.07, 6.45) is 3.62. The van der Waals surface area contributed by atoms with Crippen molar-refractivity contribution in [3.8, 4) is 6.07 Å². The van der Waals surface area contributed by atoms with Gasteiger partial charge in [-0.3, -0.25) is 4.79 Å². The highest BCUT2D eigenvalue weighted by atomic mass is 32.1. The number of thiophene rings is 1. The lowest BCUT2D eigenvalue weighted by Crippen LogP contribution is -2.30. The fraction of sp³-hybridized carbons (Fsp3) is 0.350. The Labute approximate surface area is 164 Å². The van der Waals surface area contributed by atoms with Crippen molar-refractivity contribution in [1.29, 1.82) is 5.26 Å². The maximum atomic E-state index is 13.7. The number of anilines is 1. The lowest BCUT2D eigenvalue weighted by Gasteiger charge is -2.13. The van der Waals surface area contributed by atoms with E-state index in [1.54, 1.807) is 0 Å². The third-order valence-corrected chi connectivity index (χ3v) is 5.78. The minimum Gasteiger partial charge on any atom is -0.449 e. The number of aryl methyl sites for hydroxylation is 1. The predicted molar refractivity (Wildman–Crippen MR) is 100 cm³/mol. The van der Waals surface area contributed by atoms with Gasteiger partial charge < -0.3 is 10.1 Å². The topological polar surface area (TPSA) is 79.2 Å². The molecule has 5 nitrogen and oxygen atoms in total. The molecule has 1 aromatic heterocycles. The number of hydrogen-bond acceptors (Lipinski definition) is 5. The number of carbonyl (C=O) groups is 2. The molecule has 28 heavy (non-hydrogen) atoms. The SMILES string of the molecule is CC(OC(=O)c1ccc(F)cc1F)C(=O)Nc1sc2c(c1C#N)CCCCC2. The number of ether oxygens (including phenoxy) is 1. The van der Waals surface area contributed by atoms with E-state index in [2.05, 4.69) is 11.4 Å². The number of nitriles is 1. The summed E-state index contributed by atoms with van der Waals surface area (Å²) in [5.74, 6) is -3.57. The van der Waals surface area contributed by atoms with E-state index in [9.17, 15) is 23.6 Å². The van der Waals surface area contributed by atoms with Crippen LogP contribution in [-0.2, 0) is 22.4 Å². The van der Waals surface area contributed by atoms with E-state index in [4.69, 9.17) is 4.74 Å². The number of rotatable bonds is 4. The van der Waals surface area contributed by atoms with Gasteiger partial charge in [0.2, 0.25) is 0 Å². The van der Waals surface area contributed by atoms with E-state index in [0.29, 0.717) is 16.6 Å². The van der Waals surface area contributed by atoms with Crippen molar-refractivity contribution in [3.05, 3.63) is 51.4 Å². The van der Waals surface area contributed by atoms with E-state index in [1.807, 2.05) is 0 Å². The van der Waals surface area contributed by atoms with Gasteiger partial charge in [-0.1, -0.05) is 6.42 Å². The molecule has 1 aliphatic carbocycles. The van der Waals surface area contributed by atoms with E-state index in [0.717, 1.165) is 54.7 Å². The lowest BCUT2D eigenvalue weighted by atomic mass is 10.1. The molecule has 1 N–H and O–H groups in total. The third-order valence-electron chi connectivity index (χ3n) is 4.57. The van der Waals surface area contributed by atoms with Crippen LogP contribution in [0.1, 0.15) is 52.5 Å². The molecule has 8 heteroatoms. The number of halogens is 2. The number of nitrogens with one attached hydrogen (secondary N) is 1. The number of esters is 1. The smallest absolute Gasteiger partial charge is 0.341 e. The molecule has 1 atom stereocenters. The monoisotopic (exact) mass is 404 g/mol. The van der Waals surface area contributed by atoms with Gasteiger partial charge in [0.25, 0.3) is 5.91 Å². The molecule has 0 radical (unpaired) electrons. The molecule has 0 saturated heterocycles. The van der Waals surface area contributed by atoms with E-state index in [-0.39, 0.29) is 0 Å². The summed E-state index contributed by atoms with van der Waals surface area (Å²) in [6.45, 7) is 1.35. The standard InChI is InChI=1S/C20H18F2N2O3S/c1-11(27-20(26)14-8-7-12(21)9-16(14)22)18(25)24-19-15(10-23)13-5-3-2-4-6-17(13)28-19/h7-9,11H,2-6H2,1H3,(H,24,25). The zero-order chi connectivity index (χ0) is 20.3. The van der Waals surface area contributed by atoms with Crippen molar-refractivity contribution in [3.63, 3.8) is 0 Å². The highest BCUT2D eigenvalue weighted by Gasteiger charge is 2.25. The van der Waals surface area contributed by atoms with Gasteiger partial charge in [-0.15, -0.1) is 11.3 Å². The molecule has 2 aromatic rings. The highest BCUT2D eigenvalue weighted by molar-refractivity contribution is 7.16. The number of hydrogen-bond donors (Lipinski definition) is 1. The zero-order valence-corrected chi connectivity index (χ0v) is 16.0. The fourth-order valence-corrected chi connectivity index (χ4v) is 4.34. The first-order chi connectivity index (χ1) is 13.4. The molecule has 1 amide bonds. The number of fused-ring (bicyclic) bond motifs is 1. The second-order valence-corrected chi connectivity index (χ2v) is 7.65. The van der Waals surface area contributed by atoms with Crippen LogP contribution in [0.25, 0.3) is 0 Å². The molecule has 146 valence electrons. The summed E-state index contributed by atoms with van der Waals surface area (Å²) in [6, 6.07) is 4.62. The van der Waals surface area contributed by atoms with Crippen LogP contribution in [0.3, 0.4) is 0 Å². The number of amides is 1. The Morgan fingerprint density at radius 3 is 2.71 bits per heavy atom. The van der Waals surface area contributed by atoms with Crippen LogP contribution in [0.2, 0.25) is 0 Å². The Hall–Kier alpha value is -2.79. The normalized spacial score (nSPS) is 14.4. The summed E-state index contributed by atoms with van der Waals surface area (Å²) in [7, 11) is 0. The first-order valence-corrected chi connectivity index (χ1v) is 9.74. The molecule has 1 aliphatic rings. The first-order valence-electron chi connectivity index (χ1n) is 8.92. The van der Waals surface area contributed by atoms with Gasteiger partial charge in [0, 0.05) is 10.9 Å². The molecule has 1 aromatic carbocycles. The van der Waals surface area contributed by atoms with Gasteiger partial charge >= 0.3 is 5.97 Å². The van der Waals surface area contributed by atoms with Crippen LogP contribution in [0.15, 0.2) is 18.2 Å². The summed E-state index contributed by atoms with van der Waals surface area (Å²) in [5, 5.41) is 12.6. The number of nitrogens with zero attached hydrogens (tertiary/aromatic N) is 1. The molecule has 1 unspecified atom stereocenters. The van der Waals surface area contributed by atoms with Gasteiger partial charge in [0.1, 0.15) is 22.7 Å². The maximum Gasteiger partial charge on any atom is 0.341 e. The maximum absolute atomic E-state index is 13.7. The Bertz CT molecular complexity index is 965. The average molecular weight is 404 g/mol. The van der Waals surface area contributed by atoms with Crippen LogP contribution in [0.5, 0.6) is 0 Å².